The molecule has 0 aliphatic heterocycles. The van der Waals surface area contributed by atoms with Crippen LogP contribution < -0.4 is 5.32 Å². The van der Waals surface area contributed by atoms with E-state index >= 15 is 0 Å². The third-order valence-corrected chi connectivity index (χ3v) is 6.44. The number of aliphatic carboxylic acids is 1. The first kappa shape index (κ1) is 21.9. The highest BCUT2D eigenvalue weighted by Crippen LogP contribution is 2.44. The van der Waals surface area contributed by atoms with Gasteiger partial charge in [-0.05, 0) is 34.6 Å². The van der Waals surface area contributed by atoms with Crippen LogP contribution in [-0.4, -0.2) is 54.7 Å². The molecule has 2 aliphatic rings. The predicted molar refractivity (Wildman–Crippen MR) is 119 cm³/mol. The van der Waals surface area contributed by atoms with E-state index in [1.807, 2.05) is 24.3 Å². The Morgan fingerprint density at radius 3 is 2.28 bits per heavy atom. The van der Waals surface area contributed by atoms with Gasteiger partial charge in [0.15, 0.2) is 0 Å². The molecule has 2 aromatic rings. The van der Waals surface area contributed by atoms with Crippen molar-refractivity contribution in [2.75, 3.05) is 26.7 Å². The summed E-state index contributed by atoms with van der Waals surface area (Å²) in [5, 5.41) is 11.8. The molecule has 7 heteroatoms. The van der Waals surface area contributed by atoms with Gasteiger partial charge in [-0.3, -0.25) is 9.59 Å². The summed E-state index contributed by atoms with van der Waals surface area (Å²) in [7, 11) is 1.62. The summed E-state index contributed by atoms with van der Waals surface area (Å²) in [5.74, 6) is -1.71. The van der Waals surface area contributed by atoms with E-state index in [1.165, 1.54) is 16.0 Å². The van der Waals surface area contributed by atoms with Crippen molar-refractivity contribution in [2.24, 2.45) is 17.8 Å². The minimum atomic E-state index is -0.922. The van der Waals surface area contributed by atoms with Gasteiger partial charge in [-0.1, -0.05) is 55.5 Å². The molecule has 0 radical (unpaired) electrons. The third kappa shape index (κ3) is 4.47. The molecule has 4 rings (SSSR count). The van der Waals surface area contributed by atoms with Gasteiger partial charge >= 0.3 is 12.1 Å². The fourth-order valence-corrected chi connectivity index (χ4v) is 4.50. The highest BCUT2D eigenvalue weighted by Gasteiger charge is 2.44. The Labute approximate surface area is 187 Å². The molecule has 168 valence electrons. The van der Waals surface area contributed by atoms with Gasteiger partial charge in [-0.15, -0.1) is 0 Å². The summed E-state index contributed by atoms with van der Waals surface area (Å²) in [6, 6.07) is 16.3. The Morgan fingerprint density at radius 2 is 1.69 bits per heavy atom. The number of amides is 2. The lowest BCUT2D eigenvalue weighted by Crippen LogP contribution is -2.35. The molecule has 2 amide bonds. The Kier molecular flexibility index (Phi) is 6.17. The molecule has 0 aromatic heterocycles. The highest BCUT2D eigenvalue weighted by atomic mass is 16.5. The van der Waals surface area contributed by atoms with E-state index in [4.69, 9.17) is 9.84 Å². The van der Waals surface area contributed by atoms with Gasteiger partial charge in [0.05, 0.1) is 5.92 Å². The Balaban J connectivity index is 1.25. The van der Waals surface area contributed by atoms with E-state index in [2.05, 4.69) is 29.6 Å². The molecule has 0 bridgehead atoms. The van der Waals surface area contributed by atoms with Gasteiger partial charge in [-0.25, -0.2) is 4.79 Å². The van der Waals surface area contributed by atoms with Crippen molar-refractivity contribution in [3.63, 3.8) is 0 Å². The first-order valence-electron chi connectivity index (χ1n) is 10.9. The summed E-state index contributed by atoms with van der Waals surface area (Å²) >= 11 is 0. The van der Waals surface area contributed by atoms with Gasteiger partial charge in [0.2, 0.25) is 5.91 Å². The van der Waals surface area contributed by atoms with E-state index in [1.54, 1.807) is 14.0 Å². The number of carboxylic acids is 1. The number of nitrogens with one attached hydrogen (secondary N) is 1. The molecular weight excluding hydrogens is 408 g/mol. The second-order valence-corrected chi connectivity index (χ2v) is 8.77. The van der Waals surface area contributed by atoms with Crippen molar-refractivity contribution in [1.82, 2.24) is 10.2 Å². The minimum Gasteiger partial charge on any atom is -0.481 e. The van der Waals surface area contributed by atoms with Crippen LogP contribution in [0.5, 0.6) is 0 Å². The van der Waals surface area contributed by atoms with Gasteiger partial charge < -0.3 is 20.1 Å². The average molecular weight is 437 g/mol. The molecule has 2 aliphatic carbocycles. The average Bonchev–Trinajstić information content (AvgIpc) is 3.50. The molecule has 3 atom stereocenters. The first-order valence-corrected chi connectivity index (χ1v) is 10.9. The molecule has 32 heavy (non-hydrogen) atoms. The second-order valence-electron chi connectivity index (χ2n) is 8.77. The Morgan fingerprint density at radius 1 is 1.09 bits per heavy atom. The van der Waals surface area contributed by atoms with Gasteiger partial charge in [0.25, 0.3) is 0 Å². The van der Waals surface area contributed by atoms with Crippen molar-refractivity contribution in [2.45, 2.75) is 19.3 Å². The third-order valence-electron chi connectivity index (χ3n) is 6.44. The maximum Gasteiger partial charge on any atom is 0.407 e. The van der Waals surface area contributed by atoms with Gasteiger partial charge in [-0.2, -0.15) is 0 Å². The molecule has 0 saturated heterocycles. The fourth-order valence-electron chi connectivity index (χ4n) is 4.50. The van der Waals surface area contributed by atoms with Crippen LogP contribution in [0.2, 0.25) is 0 Å². The molecule has 0 heterocycles. The number of carbonyl (C=O) groups excluding carboxylic acids is 2. The summed E-state index contributed by atoms with van der Waals surface area (Å²) in [6.45, 7) is 2.38. The normalized spacial score (nSPS) is 19.4. The quantitative estimate of drug-likeness (QED) is 0.662. The zero-order chi connectivity index (χ0) is 22.8. The summed E-state index contributed by atoms with van der Waals surface area (Å²) in [5.41, 5.74) is 4.68. The van der Waals surface area contributed by atoms with Gasteiger partial charge in [0.1, 0.15) is 6.61 Å². The number of hydrogen-bond donors (Lipinski definition) is 2. The lowest BCUT2D eigenvalue weighted by molar-refractivity contribution is -0.142. The van der Waals surface area contributed by atoms with Gasteiger partial charge in [0, 0.05) is 32.0 Å². The van der Waals surface area contributed by atoms with Crippen LogP contribution in [0.25, 0.3) is 11.1 Å². The van der Waals surface area contributed by atoms with Crippen molar-refractivity contribution in [3.05, 3.63) is 59.7 Å². The molecule has 2 N–H and O–H groups in total. The van der Waals surface area contributed by atoms with Crippen LogP contribution in [0.3, 0.4) is 0 Å². The number of nitrogens with zero attached hydrogens (tertiary/aromatic N) is 1. The van der Waals surface area contributed by atoms with E-state index in [-0.39, 0.29) is 36.8 Å². The molecule has 1 unspecified atom stereocenters. The van der Waals surface area contributed by atoms with Crippen molar-refractivity contribution in [1.29, 1.82) is 0 Å². The highest BCUT2D eigenvalue weighted by molar-refractivity contribution is 5.82. The number of rotatable bonds is 8. The van der Waals surface area contributed by atoms with E-state index in [9.17, 15) is 14.4 Å². The lowest BCUT2D eigenvalue weighted by atomic mass is 9.98. The van der Waals surface area contributed by atoms with Crippen LogP contribution in [0.15, 0.2) is 48.5 Å². The number of benzene rings is 2. The Hall–Kier alpha value is -3.35. The first-order chi connectivity index (χ1) is 15.4. The fraction of sp³-hybridized carbons (Fsp3) is 0.400. The molecule has 1 saturated carbocycles. The Bertz CT molecular complexity index is 991. The van der Waals surface area contributed by atoms with E-state index in [0.717, 1.165) is 11.1 Å². The number of hydrogen-bond acceptors (Lipinski definition) is 4. The van der Waals surface area contributed by atoms with Crippen molar-refractivity contribution >= 4 is 18.0 Å². The standard InChI is InChI=1S/C25H28N2O5/c1-15(24(29)30)13-27(2)23(28)21-11-16(21)12-26-25(31)32-14-22-19-9-5-3-7-17(19)18-8-4-6-10-20(18)22/h3-10,15-16,21-22H,11-14H2,1-2H3,(H,26,31)(H,29,30)/t15?,16-,21-/m0/s1. The largest absolute Gasteiger partial charge is 0.481 e. The monoisotopic (exact) mass is 436 g/mol. The van der Waals surface area contributed by atoms with E-state index in [0.29, 0.717) is 13.0 Å². The zero-order valence-electron chi connectivity index (χ0n) is 18.3. The number of ether oxygens (including phenoxy) is 1. The molecular formula is C25H28N2O5. The summed E-state index contributed by atoms with van der Waals surface area (Å²) in [4.78, 5) is 37.2. The van der Waals surface area contributed by atoms with Crippen LogP contribution in [-0.2, 0) is 14.3 Å². The number of alkyl carbamates (subject to hydrolysis) is 1. The number of carboxylic acid groups (broad SMARTS) is 1. The number of fused-ring (bicyclic) bond motifs is 3. The smallest absolute Gasteiger partial charge is 0.407 e. The summed E-state index contributed by atoms with van der Waals surface area (Å²) < 4.78 is 5.53. The van der Waals surface area contributed by atoms with Crippen LogP contribution in [0.4, 0.5) is 4.79 Å². The topological polar surface area (TPSA) is 95.9 Å². The molecule has 0 spiro atoms. The summed E-state index contributed by atoms with van der Waals surface area (Å²) in [6.07, 6.45) is 0.201. The van der Waals surface area contributed by atoms with Crippen molar-refractivity contribution in [3.8, 4) is 11.1 Å². The molecule has 2 aromatic carbocycles. The molecule has 1 fully saturated rings. The van der Waals surface area contributed by atoms with Crippen LogP contribution >= 0.6 is 0 Å². The maximum absolute atomic E-state index is 12.4. The predicted octanol–water partition coefficient (Wildman–Crippen LogP) is 3.34. The minimum absolute atomic E-state index is 0.00766. The van der Waals surface area contributed by atoms with Crippen LogP contribution in [0.1, 0.15) is 30.4 Å². The number of carbonyl (C=O) groups is 3. The second kappa shape index (κ2) is 9.02. The van der Waals surface area contributed by atoms with Crippen molar-refractivity contribution < 1.29 is 24.2 Å². The maximum atomic E-state index is 12.4. The SMILES string of the molecule is CC(CN(C)C(=O)[C@H]1C[C@H]1CNC(=O)OCC1c2ccccc2-c2ccccc21)C(=O)O. The molecule has 7 nitrogen and oxygen atoms in total. The van der Waals surface area contributed by atoms with E-state index < -0.39 is 18.0 Å². The van der Waals surface area contributed by atoms with Crippen LogP contribution in [0, 0.1) is 17.8 Å². The zero-order valence-corrected chi connectivity index (χ0v) is 18.3. The lowest BCUT2D eigenvalue weighted by Gasteiger charge is -2.19.